The molecule has 0 saturated heterocycles. The second-order valence-electron chi connectivity index (χ2n) is 21.3. The van der Waals surface area contributed by atoms with E-state index in [-0.39, 0.29) is 31.1 Å². The van der Waals surface area contributed by atoms with Crippen LogP contribution in [0.1, 0.15) is 303 Å². The van der Waals surface area contributed by atoms with Gasteiger partial charge < -0.3 is 14.2 Å². The average Bonchev–Trinajstić information content (AvgIpc) is 3.43. The van der Waals surface area contributed by atoms with Gasteiger partial charge in [-0.25, -0.2) is 0 Å². The molecular formula is C71H120O6. The Morgan fingerprint density at radius 3 is 0.818 bits per heavy atom. The van der Waals surface area contributed by atoms with Crippen LogP contribution in [0.4, 0.5) is 0 Å². The molecule has 0 aliphatic heterocycles. The van der Waals surface area contributed by atoms with Crippen molar-refractivity contribution < 1.29 is 28.6 Å². The van der Waals surface area contributed by atoms with E-state index in [1.54, 1.807) is 0 Å². The second kappa shape index (κ2) is 64.6. The predicted octanol–water partition coefficient (Wildman–Crippen LogP) is 22.2. The van der Waals surface area contributed by atoms with Crippen molar-refractivity contribution in [1.82, 2.24) is 0 Å². The Morgan fingerprint density at radius 2 is 0.506 bits per heavy atom. The first-order valence-electron chi connectivity index (χ1n) is 32.4. The van der Waals surface area contributed by atoms with E-state index in [4.69, 9.17) is 14.2 Å². The van der Waals surface area contributed by atoms with Crippen molar-refractivity contribution in [2.45, 2.75) is 309 Å². The average molecular weight is 1070 g/mol. The zero-order valence-electron chi connectivity index (χ0n) is 50.4. The highest BCUT2D eigenvalue weighted by Gasteiger charge is 2.19. The summed E-state index contributed by atoms with van der Waals surface area (Å²) in [7, 11) is 0. The molecule has 0 amide bonds. The van der Waals surface area contributed by atoms with Crippen LogP contribution in [-0.2, 0) is 28.6 Å². The number of esters is 3. The maximum Gasteiger partial charge on any atom is 0.306 e. The number of carbonyl (C=O) groups is 3. The maximum absolute atomic E-state index is 12.9. The van der Waals surface area contributed by atoms with E-state index >= 15 is 0 Å². The van der Waals surface area contributed by atoms with E-state index < -0.39 is 6.10 Å². The fourth-order valence-electron chi connectivity index (χ4n) is 8.88. The van der Waals surface area contributed by atoms with Crippen LogP contribution in [0, 0.1) is 0 Å². The van der Waals surface area contributed by atoms with Gasteiger partial charge in [-0.3, -0.25) is 14.4 Å². The van der Waals surface area contributed by atoms with Gasteiger partial charge in [0, 0.05) is 19.3 Å². The minimum atomic E-state index is -0.798. The first-order valence-corrected chi connectivity index (χ1v) is 32.4. The van der Waals surface area contributed by atoms with Crippen LogP contribution in [-0.4, -0.2) is 37.2 Å². The van der Waals surface area contributed by atoms with Gasteiger partial charge >= 0.3 is 17.9 Å². The van der Waals surface area contributed by atoms with E-state index in [0.717, 1.165) is 122 Å². The minimum Gasteiger partial charge on any atom is -0.462 e. The molecule has 0 aromatic carbocycles. The molecule has 0 saturated carbocycles. The van der Waals surface area contributed by atoms with Crippen molar-refractivity contribution >= 4 is 17.9 Å². The van der Waals surface area contributed by atoms with Gasteiger partial charge in [0.05, 0.1) is 0 Å². The Morgan fingerprint density at radius 1 is 0.273 bits per heavy atom. The molecule has 0 fully saturated rings. The van der Waals surface area contributed by atoms with Gasteiger partial charge in [0.2, 0.25) is 0 Å². The SMILES string of the molecule is CC/C=C\C/C=C\C/C=C\C/C=C\CCCCCCC(=O)OCC(COC(=O)CCCCCCCCCC/C=C\C/C=C\C/C=C\CCCCCCC)OC(=O)CCCCCCCCCCC/C=C\C/C=C\CCCCC. The van der Waals surface area contributed by atoms with E-state index in [1.165, 1.54) is 141 Å². The molecular weight excluding hydrogens is 949 g/mol. The number of unbranched alkanes of at least 4 members (excludes halogenated alkanes) is 29. The van der Waals surface area contributed by atoms with Crippen molar-refractivity contribution in [2.24, 2.45) is 0 Å². The van der Waals surface area contributed by atoms with Gasteiger partial charge in [-0.2, -0.15) is 0 Å². The summed E-state index contributed by atoms with van der Waals surface area (Å²) >= 11 is 0. The Hall–Kier alpha value is -3.93. The van der Waals surface area contributed by atoms with Gasteiger partial charge in [0.15, 0.2) is 6.10 Å². The summed E-state index contributed by atoms with van der Waals surface area (Å²) in [5.74, 6) is -0.920. The monoisotopic (exact) mass is 1070 g/mol. The number of hydrogen-bond donors (Lipinski definition) is 0. The highest BCUT2D eigenvalue weighted by atomic mass is 16.6. The summed E-state index contributed by atoms with van der Waals surface area (Å²) < 4.78 is 16.9. The summed E-state index contributed by atoms with van der Waals surface area (Å²) in [4.78, 5) is 38.4. The summed E-state index contributed by atoms with van der Waals surface area (Å²) in [6, 6.07) is 0. The van der Waals surface area contributed by atoms with Gasteiger partial charge in [-0.1, -0.05) is 265 Å². The molecule has 77 heavy (non-hydrogen) atoms. The molecule has 0 spiro atoms. The quantitative estimate of drug-likeness (QED) is 0.0261. The number of carbonyl (C=O) groups excluding carboxylic acids is 3. The van der Waals surface area contributed by atoms with Crippen molar-refractivity contribution in [3.8, 4) is 0 Å². The van der Waals surface area contributed by atoms with Crippen molar-refractivity contribution in [2.75, 3.05) is 13.2 Å². The van der Waals surface area contributed by atoms with Crippen molar-refractivity contribution in [3.63, 3.8) is 0 Å². The lowest BCUT2D eigenvalue weighted by atomic mass is 10.1. The van der Waals surface area contributed by atoms with Gasteiger partial charge in [-0.05, 0) is 128 Å². The molecule has 0 N–H and O–H groups in total. The van der Waals surface area contributed by atoms with E-state index in [9.17, 15) is 14.4 Å². The lowest BCUT2D eigenvalue weighted by Crippen LogP contribution is -2.30. The molecule has 1 atom stereocenters. The van der Waals surface area contributed by atoms with E-state index in [1.807, 2.05) is 0 Å². The van der Waals surface area contributed by atoms with Crippen LogP contribution < -0.4 is 0 Å². The summed E-state index contributed by atoms with van der Waals surface area (Å²) in [6.45, 7) is 6.48. The first-order chi connectivity index (χ1) is 38.0. The fraction of sp³-hybridized carbons (Fsp3) is 0.704. The number of ether oxygens (including phenoxy) is 3. The van der Waals surface area contributed by atoms with Crippen LogP contribution in [0.25, 0.3) is 0 Å². The Balaban J connectivity index is 4.43. The normalized spacial score (nSPS) is 12.8. The van der Waals surface area contributed by atoms with Gasteiger partial charge in [-0.15, -0.1) is 0 Å². The van der Waals surface area contributed by atoms with Crippen molar-refractivity contribution in [3.05, 3.63) is 109 Å². The molecule has 440 valence electrons. The predicted molar refractivity (Wildman–Crippen MR) is 334 cm³/mol. The maximum atomic E-state index is 12.9. The smallest absolute Gasteiger partial charge is 0.306 e. The zero-order chi connectivity index (χ0) is 55.7. The molecule has 0 aliphatic carbocycles. The van der Waals surface area contributed by atoms with Crippen LogP contribution in [0.2, 0.25) is 0 Å². The highest BCUT2D eigenvalue weighted by Crippen LogP contribution is 2.15. The Bertz CT molecular complexity index is 1560. The summed E-state index contributed by atoms with van der Waals surface area (Å²) in [6.07, 6.45) is 88.0. The topological polar surface area (TPSA) is 78.9 Å². The lowest BCUT2D eigenvalue weighted by Gasteiger charge is -2.18. The summed E-state index contributed by atoms with van der Waals surface area (Å²) in [5.41, 5.74) is 0. The molecule has 0 radical (unpaired) electrons. The Labute approximate surface area is 476 Å². The number of rotatable bonds is 58. The Kier molecular flexibility index (Phi) is 61.3. The van der Waals surface area contributed by atoms with Crippen LogP contribution in [0.5, 0.6) is 0 Å². The standard InChI is InChI=1S/C71H120O6/c1-4-7-10-13-16-19-22-25-28-31-33-34-35-36-38-40-43-46-49-52-55-58-61-64-70(73)76-67-68(66-75-69(72)63-60-57-54-51-48-45-42-39-30-27-24-21-18-15-12-9-6-3)77-71(74)65-62-59-56-53-50-47-44-41-37-32-29-26-23-20-17-14-11-8-5-2/h9,12,17-18,20-22,25-27,29-31,33,35-36,42,45,68H,4-8,10-11,13-16,19,23-24,28,32,34,37-41,43-44,46-67H2,1-3H3/b12-9-,20-17-,21-18-,25-22-,29-26-,30-27-,33-31-,36-35-,45-42-. The largest absolute Gasteiger partial charge is 0.462 e. The molecule has 0 aromatic heterocycles. The van der Waals surface area contributed by atoms with Gasteiger partial charge in [0.25, 0.3) is 0 Å². The van der Waals surface area contributed by atoms with Crippen LogP contribution >= 0.6 is 0 Å². The molecule has 1 unspecified atom stereocenters. The van der Waals surface area contributed by atoms with Crippen LogP contribution in [0.3, 0.4) is 0 Å². The van der Waals surface area contributed by atoms with E-state index in [0.29, 0.717) is 19.3 Å². The van der Waals surface area contributed by atoms with Crippen molar-refractivity contribution in [1.29, 1.82) is 0 Å². The number of allylic oxidation sites excluding steroid dienone is 18. The zero-order valence-corrected chi connectivity index (χ0v) is 50.4. The second-order valence-corrected chi connectivity index (χ2v) is 21.3. The summed E-state index contributed by atoms with van der Waals surface area (Å²) in [5, 5.41) is 0. The first kappa shape index (κ1) is 73.1. The fourth-order valence-corrected chi connectivity index (χ4v) is 8.88. The molecule has 0 bridgehead atoms. The molecule has 0 aliphatic rings. The van der Waals surface area contributed by atoms with Gasteiger partial charge in [0.1, 0.15) is 13.2 Å². The number of hydrogen-bond acceptors (Lipinski definition) is 6. The molecule has 6 heteroatoms. The van der Waals surface area contributed by atoms with Crippen LogP contribution in [0.15, 0.2) is 109 Å². The third-order valence-electron chi connectivity index (χ3n) is 13.7. The molecule has 0 aromatic rings. The third kappa shape index (κ3) is 62.8. The minimum absolute atomic E-state index is 0.0924. The molecule has 0 heterocycles. The third-order valence-corrected chi connectivity index (χ3v) is 13.7. The molecule has 0 rings (SSSR count). The van der Waals surface area contributed by atoms with E-state index in [2.05, 4.69) is 130 Å². The highest BCUT2D eigenvalue weighted by molar-refractivity contribution is 5.71. The molecule has 6 nitrogen and oxygen atoms in total. The lowest BCUT2D eigenvalue weighted by molar-refractivity contribution is -0.167.